The first-order chi connectivity index (χ1) is 10.7. The van der Waals surface area contributed by atoms with Crippen molar-refractivity contribution in [2.75, 3.05) is 31.1 Å². The van der Waals surface area contributed by atoms with Gasteiger partial charge in [-0.05, 0) is 36.8 Å². The van der Waals surface area contributed by atoms with Crippen LogP contribution in [0.3, 0.4) is 0 Å². The van der Waals surface area contributed by atoms with Gasteiger partial charge in [0.15, 0.2) is 0 Å². The fourth-order valence-corrected chi connectivity index (χ4v) is 2.65. The molecule has 0 saturated carbocycles. The van der Waals surface area contributed by atoms with Crippen LogP contribution in [-0.2, 0) is 0 Å². The van der Waals surface area contributed by atoms with Gasteiger partial charge >= 0.3 is 0 Å². The highest BCUT2D eigenvalue weighted by atomic mass is 35.5. The average Bonchev–Trinajstić information content (AvgIpc) is 2.57. The van der Waals surface area contributed by atoms with E-state index in [1.807, 2.05) is 49.5 Å². The highest BCUT2D eigenvalue weighted by Crippen LogP contribution is 2.14. The van der Waals surface area contributed by atoms with Gasteiger partial charge in [-0.25, -0.2) is 4.98 Å². The van der Waals surface area contributed by atoms with Crippen LogP contribution in [0, 0.1) is 0 Å². The van der Waals surface area contributed by atoms with Crippen LogP contribution in [-0.4, -0.2) is 41.9 Å². The summed E-state index contributed by atoms with van der Waals surface area (Å²) >= 11 is 5.92. The molecule has 1 fully saturated rings. The second kappa shape index (κ2) is 6.79. The number of pyridine rings is 1. The van der Waals surface area contributed by atoms with Crippen molar-refractivity contribution in [3.05, 3.63) is 59.2 Å². The monoisotopic (exact) mass is 314 g/mol. The molecule has 0 aliphatic carbocycles. The van der Waals surface area contributed by atoms with Gasteiger partial charge in [-0.2, -0.15) is 5.10 Å². The minimum Gasteiger partial charge on any atom is -0.353 e. The number of hydrogen-bond acceptors (Lipinski definition) is 4. The molecule has 1 aliphatic rings. The summed E-state index contributed by atoms with van der Waals surface area (Å²) in [6.45, 7) is 5.72. The Balaban J connectivity index is 1.61. The van der Waals surface area contributed by atoms with Gasteiger partial charge in [0.05, 0.1) is 18.8 Å². The number of halogens is 1. The van der Waals surface area contributed by atoms with E-state index in [1.54, 1.807) is 0 Å². The summed E-state index contributed by atoms with van der Waals surface area (Å²) in [6, 6.07) is 13.8. The molecular formula is C17H19ClN4. The molecule has 1 aromatic carbocycles. The van der Waals surface area contributed by atoms with Gasteiger partial charge < -0.3 is 4.90 Å². The third kappa shape index (κ3) is 3.57. The third-order valence-electron chi connectivity index (χ3n) is 3.78. The van der Waals surface area contributed by atoms with Crippen molar-refractivity contribution in [2.45, 2.75) is 6.92 Å². The van der Waals surface area contributed by atoms with Crippen molar-refractivity contribution in [1.29, 1.82) is 0 Å². The highest BCUT2D eigenvalue weighted by Gasteiger charge is 2.16. The zero-order valence-corrected chi connectivity index (χ0v) is 13.4. The standard InChI is InChI=1S/C17H19ClN4/c1-14(15-5-7-16(18)8-6-15)20-22-12-10-21(11-13-22)17-4-2-3-9-19-17/h2-9H,10-13H2,1H3/b20-14-. The maximum Gasteiger partial charge on any atom is 0.128 e. The van der Waals surface area contributed by atoms with Crippen molar-refractivity contribution >= 4 is 23.1 Å². The molecule has 0 amide bonds. The SMILES string of the molecule is C/C(=N/N1CCN(c2ccccn2)CC1)c1ccc(Cl)cc1. The Morgan fingerprint density at radius 3 is 2.41 bits per heavy atom. The lowest BCUT2D eigenvalue weighted by atomic mass is 10.1. The lowest BCUT2D eigenvalue weighted by Crippen LogP contribution is -2.44. The van der Waals surface area contributed by atoms with E-state index in [9.17, 15) is 0 Å². The molecule has 0 bridgehead atoms. The number of aromatic nitrogens is 1. The number of benzene rings is 1. The van der Waals surface area contributed by atoms with Crippen LogP contribution in [0.4, 0.5) is 5.82 Å². The van der Waals surface area contributed by atoms with E-state index < -0.39 is 0 Å². The van der Waals surface area contributed by atoms with E-state index in [4.69, 9.17) is 16.7 Å². The molecule has 0 spiro atoms. The number of anilines is 1. The molecule has 1 saturated heterocycles. The largest absolute Gasteiger partial charge is 0.353 e. The lowest BCUT2D eigenvalue weighted by Gasteiger charge is -2.34. The first-order valence-electron chi connectivity index (χ1n) is 7.44. The number of piperazine rings is 1. The number of hydrogen-bond donors (Lipinski definition) is 0. The first-order valence-corrected chi connectivity index (χ1v) is 7.82. The molecular weight excluding hydrogens is 296 g/mol. The van der Waals surface area contributed by atoms with Crippen LogP contribution in [0.5, 0.6) is 0 Å². The molecule has 3 rings (SSSR count). The molecule has 0 radical (unpaired) electrons. The van der Waals surface area contributed by atoms with E-state index >= 15 is 0 Å². The quantitative estimate of drug-likeness (QED) is 0.815. The van der Waals surface area contributed by atoms with Gasteiger partial charge in [0.2, 0.25) is 0 Å². The summed E-state index contributed by atoms with van der Waals surface area (Å²) < 4.78 is 0. The molecule has 2 heterocycles. The summed E-state index contributed by atoms with van der Waals surface area (Å²) in [4.78, 5) is 6.70. The van der Waals surface area contributed by atoms with Gasteiger partial charge in [0, 0.05) is 24.3 Å². The fraction of sp³-hybridized carbons (Fsp3) is 0.294. The smallest absolute Gasteiger partial charge is 0.128 e. The summed E-state index contributed by atoms with van der Waals surface area (Å²) in [5.41, 5.74) is 2.12. The molecule has 4 nitrogen and oxygen atoms in total. The molecule has 2 aromatic rings. The summed E-state index contributed by atoms with van der Waals surface area (Å²) in [7, 11) is 0. The zero-order valence-electron chi connectivity index (χ0n) is 12.6. The van der Waals surface area contributed by atoms with Gasteiger partial charge in [-0.3, -0.25) is 5.01 Å². The molecule has 1 aliphatic heterocycles. The molecule has 0 unspecified atom stereocenters. The molecule has 114 valence electrons. The topological polar surface area (TPSA) is 31.7 Å². The Bertz CT molecular complexity index is 631. The number of hydrazone groups is 1. The second-order valence-electron chi connectivity index (χ2n) is 5.32. The summed E-state index contributed by atoms with van der Waals surface area (Å²) in [5, 5.41) is 7.60. The molecule has 0 atom stereocenters. The van der Waals surface area contributed by atoms with Crippen LogP contribution in [0.15, 0.2) is 53.8 Å². The predicted molar refractivity (Wildman–Crippen MR) is 91.7 cm³/mol. The van der Waals surface area contributed by atoms with Gasteiger partial charge in [0.1, 0.15) is 5.82 Å². The van der Waals surface area contributed by atoms with Crippen molar-refractivity contribution in [1.82, 2.24) is 9.99 Å². The molecule has 22 heavy (non-hydrogen) atoms. The summed E-state index contributed by atoms with van der Waals surface area (Å²) in [6.07, 6.45) is 1.84. The van der Waals surface area contributed by atoms with E-state index in [0.29, 0.717) is 0 Å². The molecule has 1 aromatic heterocycles. The lowest BCUT2D eigenvalue weighted by molar-refractivity contribution is 0.270. The van der Waals surface area contributed by atoms with Gasteiger partial charge in [-0.15, -0.1) is 0 Å². The summed E-state index contributed by atoms with van der Waals surface area (Å²) in [5.74, 6) is 1.04. The average molecular weight is 315 g/mol. The van der Waals surface area contributed by atoms with E-state index in [2.05, 4.69) is 21.0 Å². The Morgan fingerprint density at radius 1 is 1.05 bits per heavy atom. The van der Waals surface area contributed by atoms with Crippen molar-refractivity contribution in [3.63, 3.8) is 0 Å². The second-order valence-corrected chi connectivity index (χ2v) is 5.76. The fourth-order valence-electron chi connectivity index (χ4n) is 2.53. The Hall–Kier alpha value is -2.07. The van der Waals surface area contributed by atoms with Crippen LogP contribution < -0.4 is 4.90 Å². The minimum atomic E-state index is 0.750. The van der Waals surface area contributed by atoms with Crippen molar-refractivity contribution in [3.8, 4) is 0 Å². The number of rotatable bonds is 3. The van der Waals surface area contributed by atoms with Crippen molar-refractivity contribution < 1.29 is 0 Å². The number of nitrogens with zero attached hydrogens (tertiary/aromatic N) is 4. The maximum atomic E-state index is 5.92. The molecule has 0 N–H and O–H groups in total. The zero-order chi connectivity index (χ0) is 15.4. The van der Waals surface area contributed by atoms with Crippen LogP contribution in [0.25, 0.3) is 0 Å². The predicted octanol–water partition coefficient (Wildman–Crippen LogP) is 3.28. The van der Waals surface area contributed by atoms with Gasteiger partial charge in [0.25, 0.3) is 0 Å². The van der Waals surface area contributed by atoms with E-state index in [-0.39, 0.29) is 0 Å². The van der Waals surface area contributed by atoms with Crippen LogP contribution >= 0.6 is 11.6 Å². The van der Waals surface area contributed by atoms with Crippen LogP contribution in [0.2, 0.25) is 5.02 Å². The van der Waals surface area contributed by atoms with E-state index in [1.165, 1.54) is 0 Å². The van der Waals surface area contributed by atoms with E-state index in [0.717, 1.165) is 48.3 Å². The third-order valence-corrected chi connectivity index (χ3v) is 4.03. The van der Waals surface area contributed by atoms with Gasteiger partial charge in [-0.1, -0.05) is 29.8 Å². The Morgan fingerprint density at radius 2 is 1.77 bits per heavy atom. The normalized spacial score (nSPS) is 16.0. The van der Waals surface area contributed by atoms with Crippen molar-refractivity contribution in [2.24, 2.45) is 5.10 Å². The highest BCUT2D eigenvalue weighted by molar-refractivity contribution is 6.30. The molecule has 5 heteroatoms. The maximum absolute atomic E-state index is 5.92. The Labute approximate surface area is 136 Å². The van der Waals surface area contributed by atoms with Crippen LogP contribution in [0.1, 0.15) is 12.5 Å². The Kier molecular flexibility index (Phi) is 4.59. The minimum absolute atomic E-state index is 0.750. The first kappa shape index (κ1) is 14.9.